The van der Waals surface area contributed by atoms with Crippen LogP contribution < -0.4 is 4.74 Å². The van der Waals surface area contributed by atoms with E-state index in [0.29, 0.717) is 11.3 Å². The number of aryl methyl sites for hydroxylation is 1. The van der Waals surface area contributed by atoms with Crippen molar-refractivity contribution in [3.05, 3.63) is 47.0 Å². The Hall–Kier alpha value is -2.00. The van der Waals surface area contributed by atoms with Crippen LogP contribution in [0.3, 0.4) is 0 Å². The molecule has 2 aromatic carbocycles. The predicted octanol–water partition coefficient (Wildman–Crippen LogP) is 3.74. The molecule has 1 aliphatic rings. The summed E-state index contributed by atoms with van der Waals surface area (Å²) in [5.41, 5.74) is 3.92. The SMILES string of the molecule is CCc1cc(O)c2c(c1)OC(C)(C)c1cccc(CO)c1-2. The highest BCUT2D eigenvalue weighted by molar-refractivity contribution is 5.84. The van der Waals surface area contributed by atoms with Crippen LogP contribution in [-0.4, -0.2) is 10.2 Å². The molecule has 3 rings (SSSR count). The smallest absolute Gasteiger partial charge is 0.132 e. The fourth-order valence-electron chi connectivity index (χ4n) is 3.05. The van der Waals surface area contributed by atoms with Gasteiger partial charge in [0.1, 0.15) is 17.1 Å². The number of fused-ring (bicyclic) bond motifs is 3. The van der Waals surface area contributed by atoms with E-state index in [1.807, 2.05) is 45.0 Å². The molecule has 2 aromatic rings. The summed E-state index contributed by atoms with van der Waals surface area (Å²) in [6, 6.07) is 9.55. The van der Waals surface area contributed by atoms with Crippen molar-refractivity contribution in [2.24, 2.45) is 0 Å². The summed E-state index contributed by atoms with van der Waals surface area (Å²) in [5.74, 6) is 0.896. The van der Waals surface area contributed by atoms with Gasteiger partial charge in [-0.25, -0.2) is 0 Å². The lowest BCUT2D eigenvalue weighted by Gasteiger charge is -2.36. The molecule has 0 unspecified atom stereocenters. The molecule has 0 spiro atoms. The second-order valence-electron chi connectivity index (χ2n) is 5.95. The number of benzene rings is 2. The first-order valence-electron chi connectivity index (χ1n) is 7.26. The van der Waals surface area contributed by atoms with E-state index in [-0.39, 0.29) is 12.4 Å². The van der Waals surface area contributed by atoms with Crippen LogP contribution in [-0.2, 0) is 18.6 Å². The normalized spacial score (nSPS) is 15.0. The second kappa shape index (κ2) is 4.78. The Bertz CT molecular complexity index is 702. The van der Waals surface area contributed by atoms with Gasteiger partial charge >= 0.3 is 0 Å². The maximum absolute atomic E-state index is 10.4. The molecule has 0 aromatic heterocycles. The van der Waals surface area contributed by atoms with Crippen molar-refractivity contribution in [1.29, 1.82) is 0 Å². The van der Waals surface area contributed by atoms with Crippen LogP contribution in [0.1, 0.15) is 37.5 Å². The van der Waals surface area contributed by atoms with E-state index < -0.39 is 5.60 Å². The number of aliphatic hydroxyl groups is 1. The maximum Gasteiger partial charge on any atom is 0.132 e. The van der Waals surface area contributed by atoms with Gasteiger partial charge in [0.15, 0.2) is 0 Å². The number of phenolic OH excluding ortho intramolecular Hbond substituents is 1. The van der Waals surface area contributed by atoms with Crippen molar-refractivity contribution in [3.63, 3.8) is 0 Å². The third kappa shape index (κ3) is 2.09. The lowest BCUT2D eigenvalue weighted by atomic mass is 9.83. The number of rotatable bonds is 2. The van der Waals surface area contributed by atoms with Crippen LogP contribution in [0.25, 0.3) is 11.1 Å². The molecule has 0 atom stereocenters. The van der Waals surface area contributed by atoms with Gasteiger partial charge in [0.25, 0.3) is 0 Å². The van der Waals surface area contributed by atoms with Gasteiger partial charge in [-0.15, -0.1) is 0 Å². The lowest BCUT2D eigenvalue weighted by Crippen LogP contribution is -2.30. The predicted molar refractivity (Wildman–Crippen MR) is 82.5 cm³/mol. The first-order chi connectivity index (χ1) is 9.97. The zero-order valence-electron chi connectivity index (χ0n) is 12.6. The summed E-state index contributed by atoms with van der Waals surface area (Å²) in [6.45, 7) is 5.99. The average Bonchev–Trinajstić information content (AvgIpc) is 2.45. The van der Waals surface area contributed by atoms with E-state index in [1.165, 1.54) is 0 Å². The molecule has 2 N–H and O–H groups in total. The Morgan fingerprint density at radius 3 is 2.57 bits per heavy atom. The summed E-state index contributed by atoms with van der Waals surface area (Å²) in [4.78, 5) is 0. The molecule has 21 heavy (non-hydrogen) atoms. The molecule has 0 saturated carbocycles. The third-order valence-electron chi connectivity index (χ3n) is 4.13. The molecule has 0 radical (unpaired) electrons. The fraction of sp³-hybridized carbons (Fsp3) is 0.333. The summed E-state index contributed by atoms with van der Waals surface area (Å²) in [7, 11) is 0. The van der Waals surface area contributed by atoms with E-state index in [1.54, 1.807) is 6.07 Å². The minimum Gasteiger partial charge on any atom is -0.507 e. The first kappa shape index (κ1) is 14.0. The van der Waals surface area contributed by atoms with Crippen LogP contribution in [0.15, 0.2) is 30.3 Å². The quantitative estimate of drug-likeness (QED) is 0.883. The minimum absolute atomic E-state index is 0.0618. The van der Waals surface area contributed by atoms with E-state index in [9.17, 15) is 10.2 Å². The molecular formula is C18H20O3. The molecule has 0 fully saturated rings. The number of aromatic hydroxyl groups is 1. The number of aliphatic hydroxyl groups excluding tert-OH is 1. The zero-order valence-corrected chi connectivity index (χ0v) is 12.6. The number of phenols is 1. The molecule has 1 heterocycles. The van der Waals surface area contributed by atoms with Crippen molar-refractivity contribution < 1.29 is 14.9 Å². The highest BCUT2D eigenvalue weighted by Gasteiger charge is 2.35. The highest BCUT2D eigenvalue weighted by Crippen LogP contribution is 2.50. The Balaban J connectivity index is 2.37. The largest absolute Gasteiger partial charge is 0.507 e. The van der Waals surface area contributed by atoms with Gasteiger partial charge in [-0.05, 0) is 43.5 Å². The summed E-state index contributed by atoms with van der Waals surface area (Å²) < 4.78 is 6.13. The zero-order chi connectivity index (χ0) is 15.2. The molecule has 0 bridgehead atoms. The van der Waals surface area contributed by atoms with Gasteiger partial charge in [-0.1, -0.05) is 25.1 Å². The van der Waals surface area contributed by atoms with Gasteiger partial charge in [0, 0.05) is 11.1 Å². The van der Waals surface area contributed by atoms with Crippen molar-refractivity contribution in [2.75, 3.05) is 0 Å². The summed E-state index contributed by atoms with van der Waals surface area (Å²) >= 11 is 0. The molecule has 0 aliphatic carbocycles. The second-order valence-corrected chi connectivity index (χ2v) is 5.95. The summed E-state index contributed by atoms with van der Waals surface area (Å²) in [6.07, 6.45) is 0.832. The Kier molecular flexibility index (Phi) is 3.18. The van der Waals surface area contributed by atoms with Crippen LogP contribution in [0.4, 0.5) is 0 Å². The van der Waals surface area contributed by atoms with Crippen molar-refractivity contribution in [3.8, 4) is 22.6 Å². The highest BCUT2D eigenvalue weighted by atomic mass is 16.5. The maximum atomic E-state index is 10.4. The number of hydrogen-bond acceptors (Lipinski definition) is 3. The lowest BCUT2D eigenvalue weighted by molar-refractivity contribution is 0.105. The van der Waals surface area contributed by atoms with E-state index in [4.69, 9.17) is 4.74 Å². The number of hydrogen-bond donors (Lipinski definition) is 2. The van der Waals surface area contributed by atoms with Gasteiger partial charge in [-0.2, -0.15) is 0 Å². The van der Waals surface area contributed by atoms with Crippen LogP contribution in [0.5, 0.6) is 11.5 Å². The molecular weight excluding hydrogens is 264 g/mol. The molecule has 0 saturated heterocycles. The van der Waals surface area contributed by atoms with Gasteiger partial charge in [0.05, 0.1) is 12.2 Å². The van der Waals surface area contributed by atoms with E-state index in [2.05, 4.69) is 0 Å². The molecule has 110 valence electrons. The van der Waals surface area contributed by atoms with Crippen molar-refractivity contribution >= 4 is 0 Å². The minimum atomic E-state index is -0.494. The Morgan fingerprint density at radius 1 is 1.14 bits per heavy atom. The molecule has 3 heteroatoms. The molecule has 1 aliphatic heterocycles. The monoisotopic (exact) mass is 284 g/mol. The van der Waals surface area contributed by atoms with Crippen LogP contribution in [0.2, 0.25) is 0 Å². The number of ether oxygens (including phenoxy) is 1. The first-order valence-corrected chi connectivity index (χ1v) is 7.26. The van der Waals surface area contributed by atoms with Crippen LogP contribution in [0, 0.1) is 0 Å². The van der Waals surface area contributed by atoms with Gasteiger partial charge < -0.3 is 14.9 Å². The topological polar surface area (TPSA) is 49.7 Å². The standard InChI is InChI=1S/C18H20O3/c1-4-11-8-14(20)17-15(9-11)21-18(2,3)13-7-5-6-12(10-19)16(13)17/h5-9,19-20H,4,10H2,1-3H3. The van der Waals surface area contributed by atoms with Crippen molar-refractivity contribution in [1.82, 2.24) is 0 Å². The van der Waals surface area contributed by atoms with Crippen molar-refractivity contribution in [2.45, 2.75) is 39.4 Å². The van der Waals surface area contributed by atoms with E-state index >= 15 is 0 Å². The third-order valence-corrected chi connectivity index (χ3v) is 4.13. The van der Waals surface area contributed by atoms with E-state index in [0.717, 1.165) is 28.7 Å². The molecule has 0 amide bonds. The summed E-state index contributed by atoms with van der Waals surface area (Å²) in [5, 5.41) is 20.1. The Labute approximate surface area is 124 Å². The Morgan fingerprint density at radius 2 is 1.90 bits per heavy atom. The molecule has 3 nitrogen and oxygen atoms in total. The van der Waals surface area contributed by atoms with Gasteiger partial charge in [0.2, 0.25) is 0 Å². The average molecular weight is 284 g/mol. The van der Waals surface area contributed by atoms with Gasteiger partial charge in [-0.3, -0.25) is 0 Å². The fourth-order valence-corrected chi connectivity index (χ4v) is 3.05. The van der Waals surface area contributed by atoms with Crippen LogP contribution >= 0.6 is 0 Å².